The third kappa shape index (κ3) is 3.31. The maximum atomic E-state index is 10.5. The molecule has 1 aliphatic carbocycles. The summed E-state index contributed by atoms with van der Waals surface area (Å²) in [6.07, 6.45) is 1.82. The SMILES string of the molecule is COc1ccc(C(O)c2cccc(OC3CC3)c2)cc1Cl. The Labute approximate surface area is 129 Å². The second-order valence-corrected chi connectivity index (χ2v) is 5.59. The molecule has 3 nitrogen and oxygen atoms in total. The summed E-state index contributed by atoms with van der Waals surface area (Å²) in [5.41, 5.74) is 1.51. The van der Waals surface area contributed by atoms with Crippen LogP contribution in [0, 0.1) is 0 Å². The summed E-state index contributed by atoms with van der Waals surface area (Å²) in [6, 6.07) is 12.8. The average Bonchev–Trinajstić information content (AvgIpc) is 3.30. The first kappa shape index (κ1) is 14.2. The van der Waals surface area contributed by atoms with Crippen molar-refractivity contribution in [1.29, 1.82) is 0 Å². The number of hydrogen-bond donors (Lipinski definition) is 1. The van der Waals surface area contributed by atoms with Gasteiger partial charge < -0.3 is 14.6 Å². The largest absolute Gasteiger partial charge is 0.495 e. The van der Waals surface area contributed by atoms with E-state index in [9.17, 15) is 5.11 Å². The fourth-order valence-corrected chi connectivity index (χ4v) is 2.45. The fourth-order valence-electron chi connectivity index (χ4n) is 2.18. The van der Waals surface area contributed by atoms with Crippen molar-refractivity contribution in [3.8, 4) is 11.5 Å². The van der Waals surface area contributed by atoms with Crippen LogP contribution < -0.4 is 9.47 Å². The molecule has 1 N–H and O–H groups in total. The molecule has 110 valence electrons. The van der Waals surface area contributed by atoms with Crippen LogP contribution in [0.25, 0.3) is 0 Å². The molecule has 21 heavy (non-hydrogen) atoms. The predicted molar refractivity (Wildman–Crippen MR) is 82.2 cm³/mol. The molecule has 4 heteroatoms. The molecule has 1 atom stereocenters. The zero-order chi connectivity index (χ0) is 14.8. The summed E-state index contributed by atoms with van der Waals surface area (Å²) in [4.78, 5) is 0. The minimum atomic E-state index is -0.740. The highest BCUT2D eigenvalue weighted by Gasteiger charge is 2.23. The normalized spacial score (nSPS) is 15.6. The van der Waals surface area contributed by atoms with E-state index in [4.69, 9.17) is 21.1 Å². The maximum absolute atomic E-state index is 10.5. The Morgan fingerprint density at radius 1 is 1.14 bits per heavy atom. The Morgan fingerprint density at radius 3 is 2.57 bits per heavy atom. The number of aliphatic hydroxyl groups excluding tert-OH is 1. The van der Waals surface area contributed by atoms with Gasteiger partial charge in [0, 0.05) is 0 Å². The molecule has 0 bridgehead atoms. The lowest BCUT2D eigenvalue weighted by molar-refractivity contribution is 0.219. The Bertz CT molecular complexity index is 638. The predicted octanol–water partition coefficient (Wildman–Crippen LogP) is 3.97. The van der Waals surface area contributed by atoms with Crippen LogP contribution in [0.5, 0.6) is 11.5 Å². The molecule has 0 radical (unpaired) electrons. The summed E-state index contributed by atoms with van der Waals surface area (Å²) >= 11 is 6.11. The number of aliphatic hydroxyl groups is 1. The van der Waals surface area contributed by atoms with Crippen molar-refractivity contribution in [2.24, 2.45) is 0 Å². The van der Waals surface area contributed by atoms with Crippen LogP contribution in [0.1, 0.15) is 30.1 Å². The number of hydrogen-bond acceptors (Lipinski definition) is 3. The lowest BCUT2D eigenvalue weighted by atomic mass is 10.0. The topological polar surface area (TPSA) is 38.7 Å². The first-order valence-corrected chi connectivity index (χ1v) is 7.33. The van der Waals surface area contributed by atoms with Crippen LogP contribution in [0.4, 0.5) is 0 Å². The summed E-state index contributed by atoms with van der Waals surface area (Å²) in [5, 5.41) is 11.0. The molecule has 1 aliphatic rings. The van der Waals surface area contributed by atoms with Crippen LogP contribution in [0.3, 0.4) is 0 Å². The van der Waals surface area contributed by atoms with Gasteiger partial charge in [0.05, 0.1) is 18.2 Å². The molecule has 1 unspecified atom stereocenters. The Kier molecular flexibility index (Phi) is 4.04. The van der Waals surface area contributed by atoms with Gasteiger partial charge in [0.1, 0.15) is 17.6 Å². The number of benzene rings is 2. The summed E-state index contributed by atoms with van der Waals surface area (Å²) in [6.45, 7) is 0. The first-order chi connectivity index (χ1) is 10.2. The number of rotatable bonds is 5. The lowest BCUT2D eigenvalue weighted by Crippen LogP contribution is -2.02. The smallest absolute Gasteiger partial charge is 0.137 e. The van der Waals surface area contributed by atoms with Crippen LogP contribution in [0.2, 0.25) is 5.02 Å². The van der Waals surface area contributed by atoms with Gasteiger partial charge in [0.15, 0.2) is 0 Å². The van der Waals surface area contributed by atoms with E-state index in [0.29, 0.717) is 16.9 Å². The summed E-state index contributed by atoms with van der Waals surface area (Å²) in [7, 11) is 1.57. The van der Waals surface area contributed by atoms with Crippen LogP contribution in [0.15, 0.2) is 42.5 Å². The third-order valence-electron chi connectivity index (χ3n) is 3.49. The van der Waals surface area contributed by atoms with Gasteiger partial charge in [-0.1, -0.05) is 29.8 Å². The second kappa shape index (κ2) is 5.96. The first-order valence-electron chi connectivity index (χ1n) is 6.95. The molecule has 0 heterocycles. The van der Waals surface area contributed by atoms with Gasteiger partial charge in [-0.3, -0.25) is 0 Å². The van der Waals surface area contributed by atoms with E-state index in [1.54, 1.807) is 19.2 Å². The molecule has 0 amide bonds. The van der Waals surface area contributed by atoms with E-state index < -0.39 is 6.10 Å². The fraction of sp³-hybridized carbons (Fsp3) is 0.294. The van der Waals surface area contributed by atoms with Gasteiger partial charge in [-0.15, -0.1) is 0 Å². The van der Waals surface area contributed by atoms with E-state index in [2.05, 4.69) is 0 Å². The molecule has 0 aliphatic heterocycles. The minimum absolute atomic E-state index is 0.341. The van der Waals surface area contributed by atoms with Crippen molar-refractivity contribution >= 4 is 11.6 Å². The van der Waals surface area contributed by atoms with Crippen LogP contribution in [-0.2, 0) is 0 Å². The molecule has 2 aromatic carbocycles. The van der Waals surface area contributed by atoms with Gasteiger partial charge in [0.2, 0.25) is 0 Å². The van der Waals surface area contributed by atoms with Crippen molar-refractivity contribution in [2.45, 2.75) is 25.0 Å². The van der Waals surface area contributed by atoms with Crippen LogP contribution >= 0.6 is 11.6 Å². The number of methoxy groups -OCH3 is 1. The van der Waals surface area contributed by atoms with Gasteiger partial charge in [-0.2, -0.15) is 0 Å². The van der Waals surface area contributed by atoms with Crippen molar-refractivity contribution in [3.05, 3.63) is 58.6 Å². The molecule has 0 aromatic heterocycles. The average molecular weight is 305 g/mol. The van der Waals surface area contributed by atoms with Gasteiger partial charge in [-0.25, -0.2) is 0 Å². The zero-order valence-electron chi connectivity index (χ0n) is 11.8. The molecule has 1 saturated carbocycles. The van der Waals surface area contributed by atoms with Gasteiger partial charge in [-0.05, 0) is 48.2 Å². The standard InChI is InChI=1S/C17H17ClO3/c1-20-16-8-5-12(10-15(16)18)17(19)11-3-2-4-14(9-11)21-13-6-7-13/h2-5,8-10,13,17,19H,6-7H2,1H3. The molecule has 2 aromatic rings. The molecule has 1 fully saturated rings. The molecule has 3 rings (SSSR count). The highest BCUT2D eigenvalue weighted by atomic mass is 35.5. The molecular weight excluding hydrogens is 288 g/mol. The van der Waals surface area contributed by atoms with E-state index in [0.717, 1.165) is 29.7 Å². The van der Waals surface area contributed by atoms with Crippen molar-refractivity contribution in [1.82, 2.24) is 0 Å². The van der Waals surface area contributed by atoms with Crippen molar-refractivity contribution < 1.29 is 14.6 Å². The Hall–Kier alpha value is -1.71. The summed E-state index contributed by atoms with van der Waals surface area (Å²) < 4.78 is 10.9. The highest BCUT2D eigenvalue weighted by molar-refractivity contribution is 6.32. The zero-order valence-corrected chi connectivity index (χ0v) is 12.5. The van der Waals surface area contributed by atoms with E-state index >= 15 is 0 Å². The van der Waals surface area contributed by atoms with E-state index in [-0.39, 0.29) is 0 Å². The quantitative estimate of drug-likeness (QED) is 0.908. The Morgan fingerprint density at radius 2 is 1.90 bits per heavy atom. The number of ether oxygens (including phenoxy) is 2. The van der Waals surface area contributed by atoms with Crippen LogP contribution in [-0.4, -0.2) is 18.3 Å². The van der Waals surface area contributed by atoms with Crippen molar-refractivity contribution in [3.63, 3.8) is 0 Å². The van der Waals surface area contributed by atoms with E-state index in [1.807, 2.05) is 30.3 Å². The molecule has 0 saturated heterocycles. The minimum Gasteiger partial charge on any atom is -0.495 e. The van der Waals surface area contributed by atoms with Gasteiger partial charge in [0.25, 0.3) is 0 Å². The van der Waals surface area contributed by atoms with Gasteiger partial charge >= 0.3 is 0 Å². The second-order valence-electron chi connectivity index (χ2n) is 5.19. The maximum Gasteiger partial charge on any atom is 0.137 e. The monoisotopic (exact) mass is 304 g/mol. The number of halogens is 1. The molecule has 0 spiro atoms. The summed E-state index contributed by atoms with van der Waals surface area (Å²) in [5.74, 6) is 1.40. The third-order valence-corrected chi connectivity index (χ3v) is 3.79. The highest BCUT2D eigenvalue weighted by Crippen LogP contribution is 2.32. The van der Waals surface area contributed by atoms with Crippen molar-refractivity contribution in [2.75, 3.05) is 7.11 Å². The Balaban J connectivity index is 1.83. The molecular formula is C17H17ClO3. The van der Waals surface area contributed by atoms with E-state index in [1.165, 1.54) is 0 Å². The lowest BCUT2D eigenvalue weighted by Gasteiger charge is -2.14.